The van der Waals surface area contributed by atoms with E-state index in [4.69, 9.17) is 5.73 Å². The molecule has 6 nitrogen and oxygen atoms in total. The summed E-state index contributed by atoms with van der Waals surface area (Å²) in [6.45, 7) is 0.243. The third kappa shape index (κ3) is 4.16. The van der Waals surface area contributed by atoms with Crippen LogP contribution < -0.4 is 15.8 Å². The fourth-order valence-electron chi connectivity index (χ4n) is 2.06. The predicted octanol–water partition coefficient (Wildman–Crippen LogP) is 0.628. The molecule has 0 aromatic heterocycles. The summed E-state index contributed by atoms with van der Waals surface area (Å²) in [5.41, 5.74) is 6.00. The zero-order valence-electron chi connectivity index (χ0n) is 11.8. The lowest BCUT2D eigenvalue weighted by Crippen LogP contribution is -2.54. The molecule has 1 aliphatic rings. The molecule has 8 heteroatoms. The van der Waals surface area contributed by atoms with E-state index in [0.29, 0.717) is 5.56 Å². The number of benzene rings is 1. The third-order valence-electron chi connectivity index (χ3n) is 3.62. The maximum absolute atomic E-state index is 12.1. The molecule has 0 radical (unpaired) electrons. The number of hydrogen-bond acceptors (Lipinski definition) is 4. The van der Waals surface area contributed by atoms with Crippen LogP contribution in [0.15, 0.2) is 29.2 Å². The fraction of sp³-hybridized carbons (Fsp3) is 0.462. The molecule has 1 aromatic rings. The van der Waals surface area contributed by atoms with Crippen LogP contribution in [0.1, 0.15) is 29.6 Å². The zero-order valence-corrected chi connectivity index (χ0v) is 13.4. The Balaban J connectivity index is 0.00000220. The molecule has 1 amide bonds. The van der Waals surface area contributed by atoms with E-state index in [1.165, 1.54) is 31.3 Å². The molecule has 1 aliphatic carbocycles. The van der Waals surface area contributed by atoms with E-state index in [1.54, 1.807) is 0 Å². The summed E-state index contributed by atoms with van der Waals surface area (Å²) in [6.07, 6.45) is 2.72. The van der Waals surface area contributed by atoms with Crippen LogP contribution in [0.4, 0.5) is 0 Å². The molecule has 1 aromatic carbocycles. The van der Waals surface area contributed by atoms with Gasteiger partial charge in [-0.2, -0.15) is 0 Å². The number of amides is 1. The summed E-state index contributed by atoms with van der Waals surface area (Å²) in [4.78, 5) is 11.5. The smallest absolute Gasteiger partial charge is 0.251 e. The monoisotopic (exact) mass is 333 g/mol. The van der Waals surface area contributed by atoms with Crippen molar-refractivity contribution >= 4 is 28.3 Å². The van der Waals surface area contributed by atoms with Crippen LogP contribution >= 0.6 is 12.4 Å². The number of nitrogens with one attached hydrogen (secondary N) is 2. The molecule has 0 aliphatic heterocycles. The summed E-state index contributed by atoms with van der Waals surface area (Å²) >= 11 is 0. The van der Waals surface area contributed by atoms with Crippen molar-refractivity contribution in [1.82, 2.24) is 10.0 Å². The van der Waals surface area contributed by atoms with Gasteiger partial charge in [-0.15, -0.1) is 12.4 Å². The average Bonchev–Trinajstić information content (AvgIpc) is 2.42. The van der Waals surface area contributed by atoms with Crippen LogP contribution in [-0.2, 0) is 10.0 Å². The Morgan fingerprint density at radius 2 is 1.86 bits per heavy atom. The molecule has 118 valence electrons. The molecule has 0 unspecified atom stereocenters. The molecule has 2 rings (SSSR count). The minimum absolute atomic E-state index is 0. The Labute approximate surface area is 130 Å². The number of carbonyl (C=O) groups is 1. The minimum atomic E-state index is -3.58. The molecule has 0 spiro atoms. The molecule has 1 saturated carbocycles. The summed E-state index contributed by atoms with van der Waals surface area (Å²) in [6, 6.07) is 5.79. The highest BCUT2D eigenvalue weighted by atomic mass is 35.5. The number of halogens is 1. The number of hydrogen-bond donors (Lipinski definition) is 3. The molecule has 21 heavy (non-hydrogen) atoms. The van der Waals surface area contributed by atoms with Gasteiger partial charge < -0.3 is 11.1 Å². The van der Waals surface area contributed by atoms with Gasteiger partial charge in [-0.3, -0.25) is 4.79 Å². The molecule has 1 fully saturated rings. The van der Waals surface area contributed by atoms with Gasteiger partial charge >= 0.3 is 0 Å². The summed E-state index contributed by atoms with van der Waals surface area (Å²) in [5, 5.41) is 2.48. The molecular formula is C13H20ClN3O3S. The van der Waals surface area contributed by atoms with E-state index in [9.17, 15) is 13.2 Å². The Hall–Kier alpha value is -1.15. The summed E-state index contributed by atoms with van der Waals surface area (Å²) < 4.78 is 26.7. The standard InChI is InChI=1S/C13H19N3O3S.ClH/c1-15-12(17)10-3-5-11(6-4-10)20(18,19)16-9-13(14)7-2-8-13;/h3-6,16H,2,7-9,14H2,1H3,(H,15,17);1H. The van der Waals surface area contributed by atoms with Crippen LogP contribution in [0.5, 0.6) is 0 Å². The van der Waals surface area contributed by atoms with Gasteiger partial charge in [0.25, 0.3) is 5.91 Å². The van der Waals surface area contributed by atoms with Gasteiger partial charge in [0, 0.05) is 24.7 Å². The van der Waals surface area contributed by atoms with Crippen molar-refractivity contribution in [2.24, 2.45) is 5.73 Å². The van der Waals surface area contributed by atoms with Crippen molar-refractivity contribution in [3.05, 3.63) is 29.8 Å². The molecular weight excluding hydrogens is 314 g/mol. The van der Waals surface area contributed by atoms with E-state index in [-0.39, 0.29) is 29.8 Å². The Bertz CT molecular complexity index is 598. The summed E-state index contributed by atoms with van der Waals surface area (Å²) in [7, 11) is -2.06. The SMILES string of the molecule is CNC(=O)c1ccc(S(=O)(=O)NCC2(N)CCC2)cc1.Cl. The minimum Gasteiger partial charge on any atom is -0.355 e. The van der Waals surface area contributed by atoms with Gasteiger partial charge in [0.1, 0.15) is 0 Å². The molecule has 0 bridgehead atoms. The highest BCUT2D eigenvalue weighted by Crippen LogP contribution is 2.28. The lowest BCUT2D eigenvalue weighted by Gasteiger charge is -2.37. The first-order valence-corrected chi connectivity index (χ1v) is 7.95. The summed E-state index contributed by atoms with van der Waals surface area (Å²) in [5.74, 6) is -0.253. The van der Waals surface area contributed by atoms with Gasteiger partial charge in [0.15, 0.2) is 0 Å². The largest absolute Gasteiger partial charge is 0.355 e. The van der Waals surface area contributed by atoms with E-state index < -0.39 is 15.6 Å². The highest BCUT2D eigenvalue weighted by Gasteiger charge is 2.33. The molecule has 4 N–H and O–H groups in total. The topological polar surface area (TPSA) is 101 Å². The van der Waals surface area contributed by atoms with Gasteiger partial charge in [-0.25, -0.2) is 13.1 Å². The van der Waals surface area contributed by atoms with E-state index in [0.717, 1.165) is 19.3 Å². The van der Waals surface area contributed by atoms with Crippen LogP contribution in [0.2, 0.25) is 0 Å². The van der Waals surface area contributed by atoms with Gasteiger partial charge in [0.05, 0.1) is 4.90 Å². The normalized spacial score (nSPS) is 16.5. The number of rotatable bonds is 5. The Morgan fingerprint density at radius 3 is 2.29 bits per heavy atom. The van der Waals surface area contributed by atoms with Crippen molar-refractivity contribution in [3.8, 4) is 0 Å². The first-order valence-electron chi connectivity index (χ1n) is 6.47. The molecule has 0 atom stereocenters. The van der Waals surface area contributed by atoms with E-state index in [1.807, 2.05) is 0 Å². The highest BCUT2D eigenvalue weighted by molar-refractivity contribution is 7.89. The van der Waals surface area contributed by atoms with Crippen LogP contribution in [0.25, 0.3) is 0 Å². The van der Waals surface area contributed by atoms with E-state index in [2.05, 4.69) is 10.0 Å². The van der Waals surface area contributed by atoms with Gasteiger partial charge in [-0.1, -0.05) is 0 Å². The van der Waals surface area contributed by atoms with Crippen LogP contribution in [-0.4, -0.2) is 33.5 Å². The first-order chi connectivity index (χ1) is 9.36. The van der Waals surface area contributed by atoms with E-state index >= 15 is 0 Å². The van der Waals surface area contributed by atoms with Crippen molar-refractivity contribution in [2.45, 2.75) is 29.7 Å². The van der Waals surface area contributed by atoms with Crippen molar-refractivity contribution in [2.75, 3.05) is 13.6 Å². The van der Waals surface area contributed by atoms with Crippen molar-refractivity contribution in [1.29, 1.82) is 0 Å². The second kappa shape index (κ2) is 6.74. The van der Waals surface area contributed by atoms with Gasteiger partial charge in [0.2, 0.25) is 10.0 Å². The van der Waals surface area contributed by atoms with Gasteiger partial charge in [-0.05, 0) is 43.5 Å². The molecule has 0 saturated heterocycles. The zero-order chi connectivity index (χ0) is 14.8. The van der Waals surface area contributed by atoms with Crippen LogP contribution in [0, 0.1) is 0 Å². The quantitative estimate of drug-likeness (QED) is 0.735. The lowest BCUT2D eigenvalue weighted by atomic mass is 9.78. The fourth-order valence-corrected chi connectivity index (χ4v) is 3.20. The maximum atomic E-state index is 12.1. The maximum Gasteiger partial charge on any atom is 0.251 e. The first kappa shape index (κ1) is 17.9. The second-order valence-electron chi connectivity index (χ2n) is 5.14. The molecule has 0 heterocycles. The third-order valence-corrected chi connectivity index (χ3v) is 5.03. The van der Waals surface area contributed by atoms with Crippen molar-refractivity contribution < 1.29 is 13.2 Å². The average molecular weight is 334 g/mol. The second-order valence-corrected chi connectivity index (χ2v) is 6.91. The Morgan fingerprint density at radius 1 is 1.29 bits per heavy atom. The van der Waals surface area contributed by atoms with Crippen LogP contribution in [0.3, 0.4) is 0 Å². The number of carbonyl (C=O) groups excluding carboxylic acids is 1. The van der Waals surface area contributed by atoms with Crippen molar-refractivity contribution in [3.63, 3.8) is 0 Å². The lowest BCUT2D eigenvalue weighted by molar-refractivity contribution is 0.0963. The predicted molar refractivity (Wildman–Crippen MR) is 83.0 cm³/mol. The number of sulfonamides is 1. The Kier molecular flexibility index (Phi) is 5.75. The number of nitrogens with two attached hydrogens (primary N) is 1.